The van der Waals surface area contributed by atoms with Gasteiger partial charge in [0.15, 0.2) is 0 Å². The van der Waals surface area contributed by atoms with Gasteiger partial charge in [-0.3, -0.25) is 9.59 Å². The molecule has 0 aromatic heterocycles. The van der Waals surface area contributed by atoms with E-state index in [1.165, 1.54) is 0 Å². The second-order valence-corrected chi connectivity index (χ2v) is 7.54. The van der Waals surface area contributed by atoms with Gasteiger partial charge in [-0.15, -0.1) is 11.8 Å². The first-order valence-electron chi connectivity index (χ1n) is 7.18. The minimum absolute atomic E-state index is 0.0591. The monoisotopic (exact) mass is 319 g/mol. The number of amides is 2. The van der Waals surface area contributed by atoms with E-state index in [4.69, 9.17) is 0 Å². The molecule has 2 N–H and O–H groups in total. The third-order valence-electron chi connectivity index (χ3n) is 4.56. The summed E-state index contributed by atoms with van der Waals surface area (Å²) in [5, 5.41) is 5.31. The predicted molar refractivity (Wildman–Crippen MR) is 75.1 cm³/mol. The number of thioether (sulfide) groups is 1. The van der Waals surface area contributed by atoms with E-state index in [1.54, 1.807) is 16.7 Å². The molecular formula is C13H19F2N3O2S. The maximum Gasteiger partial charge on any atom is 0.270 e. The number of hydrogen-bond acceptors (Lipinski definition) is 4. The van der Waals surface area contributed by atoms with Crippen LogP contribution in [0.2, 0.25) is 0 Å². The second-order valence-electron chi connectivity index (χ2n) is 6.04. The molecule has 118 valence electrons. The molecule has 0 spiro atoms. The van der Waals surface area contributed by atoms with Crippen LogP contribution >= 0.6 is 11.8 Å². The SMILES string of the molecule is CC12CCC(=O)N1C(C(=O)NC1CNCCC1(F)F)CS2. The number of alkyl halides is 2. The largest absolute Gasteiger partial charge is 0.344 e. The average molecular weight is 319 g/mol. The second kappa shape index (κ2) is 5.08. The first kappa shape index (κ1) is 15.0. The summed E-state index contributed by atoms with van der Waals surface area (Å²) in [6.45, 7) is 2.25. The lowest BCUT2D eigenvalue weighted by Crippen LogP contribution is -2.61. The molecule has 0 aromatic carbocycles. The number of nitrogens with one attached hydrogen (secondary N) is 2. The molecule has 5 nitrogen and oxygen atoms in total. The summed E-state index contributed by atoms with van der Waals surface area (Å²) in [6.07, 6.45) is 0.855. The van der Waals surface area contributed by atoms with Crippen LogP contribution in [-0.2, 0) is 9.59 Å². The lowest BCUT2D eigenvalue weighted by Gasteiger charge is -2.35. The fraction of sp³-hybridized carbons (Fsp3) is 0.846. The third-order valence-corrected chi connectivity index (χ3v) is 6.06. The molecule has 3 aliphatic heterocycles. The Balaban J connectivity index is 1.70. The number of carbonyl (C=O) groups is 2. The number of halogens is 2. The Morgan fingerprint density at radius 3 is 2.95 bits per heavy atom. The molecule has 0 aliphatic carbocycles. The molecule has 0 aromatic rings. The van der Waals surface area contributed by atoms with E-state index >= 15 is 0 Å². The number of rotatable bonds is 2. The van der Waals surface area contributed by atoms with Crippen LogP contribution in [0, 0.1) is 0 Å². The van der Waals surface area contributed by atoms with Crippen molar-refractivity contribution < 1.29 is 18.4 Å². The highest BCUT2D eigenvalue weighted by Gasteiger charge is 2.53. The van der Waals surface area contributed by atoms with Gasteiger partial charge < -0.3 is 15.5 Å². The fourth-order valence-corrected chi connectivity index (χ4v) is 4.70. The zero-order valence-corrected chi connectivity index (χ0v) is 12.6. The topological polar surface area (TPSA) is 61.4 Å². The number of piperidine rings is 1. The van der Waals surface area contributed by atoms with Gasteiger partial charge in [-0.1, -0.05) is 0 Å². The van der Waals surface area contributed by atoms with Gasteiger partial charge in [-0.05, 0) is 13.3 Å². The molecular weight excluding hydrogens is 300 g/mol. The molecule has 3 aliphatic rings. The summed E-state index contributed by atoms with van der Waals surface area (Å²) in [7, 11) is 0. The predicted octanol–water partition coefficient (Wildman–Crippen LogP) is 0.554. The summed E-state index contributed by atoms with van der Waals surface area (Å²) in [5.41, 5.74) is 0. The zero-order valence-electron chi connectivity index (χ0n) is 11.8. The summed E-state index contributed by atoms with van der Waals surface area (Å²) in [4.78, 5) is 25.5. The first-order chi connectivity index (χ1) is 9.83. The van der Waals surface area contributed by atoms with Gasteiger partial charge in [0.25, 0.3) is 5.92 Å². The Bertz CT molecular complexity index is 476. The molecule has 3 atom stereocenters. The molecule has 3 fully saturated rings. The van der Waals surface area contributed by atoms with E-state index in [0.29, 0.717) is 18.6 Å². The Morgan fingerprint density at radius 1 is 1.48 bits per heavy atom. The van der Waals surface area contributed by atoms with Crippen molar-refractivity contribution in [1.29, 1.82) is 0 Å². The van der Waals surface area contributed by atoms with Crippen molar-refractivity contribution in [3.63, 3.8) is 0 Å². The van der Waals surface area contributed by atoms with Gasteiger partial charge in [-0.2, -0.15) is 0 Å². The van der Waals surface area contributed by atoms with E-state index in [9.17, 15) is 18.4 Å². The third kappa shape index (κ3) is 2.52. The Kier molecular flexibility index (Phi) is 3.64. The lowest BCUT2D eigenvalue weighted by atomic mass is 10.0. The summed E-state index contributed by atoms with van der Waals surface area (Å²) < 4.78 is 27.6. The summed E-state index contributed by atoms with van der Waals surface area (Å²) in [5.74, 6) is -2.95. The van der Waals surface area contributed by atoms with E-state index in [-0.39, 0.29) is 30.3 Å². The van der Waals surface area contributed by atoms with E-state index in [1.807, 2.05) is 6.92 Å². The minimum atomic E-state index is -2.90. The van der Waals surface area contributed by atoms with Crippen molar-refractivity contribution in [2.75, 3.05) is 18.8 Å². The van der Waals surface area contributed by atoms with Gasteiger partial charge in [-0.25, -0.2) is 8.78 Å². The van der Waals surface area contributed by atoms with Gasteiger partial charge in [0.1, 0.15) is 12.1 Å². The number of carbonyl (C=O) groups excluding carboxylic acids is 2. The standard InChI is InChI=1S/C13H19F2N3O2S/c1-12-3-2-10(19)18(12)8(7-21-12)11(20)17-9-6-16-5-4-13(9,14)15/h8-9,16H,2-7H2,1H3,(H,17,20). The Labute approximate surface area is 126 Å². The molecule has 8 heteroatoms. The van der Waals surface area contributed by atoms with Crippen LogP contribution in [0.1, 0.15) is 26.2 Å². The van der Waals surface area contributed by atoms with Crippen LogP contribution in [-0.4, -0.2) is 58.4 Å². The van der Waals surface area contributed by atoms with Crippen LogP contribution in [0.15, 0.2) is 0 Å². The van der Waals surface area contributed by atoms with Gasteiger partial charge in [0, 0.05) is 31.7 Å². The van der Waals surface area contributed by atoms with Gasteiger partial charge in [0.05, 0.1) is 4.87 Å². The van der Waals surface area contributed by atoms with Gasteiger partial charge >= 0.3 is 0 Å². The van der Waals surface area contributed by atoms with Crippen molar-refractivity contribution in [1.82, 2.24) is 15.5 Å². The maximum absolute atomic E-state index is 13.8. The van der Waals surface area contributed by atoms with Crippen molar-refractivity contribution in [2.45, 2.75) is 49.1 Å². The summed E-state index contributed by atoms with van der Waals surface area (Å²) in [6, 6.07) is -1.83. The van der Waals surface area contributed by atoms with Crippen LogP contribution in [0.25, 0.3) is 0 Å². The molecule has 3 rings (SSSR count). The molecule has 0 radical (unpaired) electrons. The van der Waals surface area contributed by atoms with Crippen LogP contribution < -0.4 is 10.6 Å². The molecule has 2 amide bonds. The average Bonchev–Trinajstić information content (AvgIpc) is 2.89. The van der Waals surface area contributed by atoms with Crippen LogP contribution in [0.5, 0.6) is 0 Å². The van der Waals surface area contributed by atoms with Crippen molar-refractivity contribution in [3.8, 4) is 0 Å². The number of fused-ring (bicyclic) bond motifs is 1. The number of nitrogens with zero attached hydrogens (tertiary/aromatic N) is 1. The molecule has 21 heavy (non-hydrogen) atoms. The normalized spacial score (nSPS) is 38.4. The molecule has 3 unspecified atom stereocenters. The van der Waals surface area contributed by atoms with E-state index in [0.717, 1.165) is 0 Å². The maximum atomic E-state index is 13.8. The molecule has 0 saturated carbocycles. The van der Waals surface area contributed by atoms with E-state index in [2.05, 4.69) is 10.6 Å². The number of hydrogen-bond donors (Lipinski definition) is 2. The minimum Gasteiger partial charge on any atom is -0.344 e. The van der Waals surface area contributed by atoms with Crippen molar-refractivity contribution >= 4 is 23.6 Å². The van der Waals surface area contributed by atoms with Crippen molar-refractivity contribution in [3.05, 3.63) is 0 Å². The Morgan fingerprint density at radius 2 is 2.24 bits per heavy atom. The molecule has 3 saturated heterocycles. The van der Waals surface area contributed by atoms with E-state index < -0.39 is 23.9 Å². The quantitative estimate of drug-likeness (QED) is 0.780. The fourth-order valence-electron chi connectivity index (χ4n) is 3.26. The van der Waals surface area contributed by atoms with Crippen molar-refractivity contribution in [2.24, 2.45) is 0 Å². The highest BCUT2D eigenvalue weighted by molar-refractivity contribution is 8.01. The molecule has 0 bridgehead atoms. The lowest BCUT2D eigenvalue weighted by molar-refractivity contribution is -0.140. The highest BCUT2D eigenvalue weighted by atomic mass is 32.2. The zero-order chi connectivity index (χ0) is 15.3. The first-order valence-corrected chi connectivity index (χ1v) is 8.17. The highest BCUT2D eigenvalue weighted by Crippen LogP contribution is 2.47. The smallest absolute Gasteiger partial charge is 0.270 e. The van der Waals surface area contributed by atoms with Crippen LogP contribution in [0.3, 0.4) is 0 Å². The molecule has 3 heterocycles. The Hall–Kier alpha value is -0.890. The van der Waals surface area contributed by atoms with Crippen LogP contribution in [0.4, 0.5) is 8.78 Å². The van der Waals surface area contributed by atoms with Gasteiger partial charge in [0.2, 0.25) is 11.8 Å². The summed E-state index contributed by atoms with van der Waals surface area (Å²) >= 11 is 1.56.